The fraction of sp³-hybridized carbons (Fsp3) is 0.750. The summed E-state index contributed by atoms with van der Waals surface area (Å²) in [5.74, 6) is 0. The van der Waals surface area contributed by atoms with Crippen molar-refractivity contribution in [2.45, 2.75) is 19.8 Å². The van der Waals surface area contributed by atoms with E-state index in [9.17, 15) is 4.79 Å². The van der Waals surface area contributed by atoms with Crippen LogP contribution in [0.3, 0.4) is 0 Å². The SMILES string of the molecule is CCNC(=O)NCC1(C#N)CC1. The molecule has 4 heteroatoms. The molecule has 2 amide bonds. The highest BCUT2D eigenvalue weighted by atomic mass is 16.2. The predicted molar refractivity (Wildman–Crippen MR) is 44.4 cm³/mol. The summed E-state index contributed by atoms with van der Waals surface area (Å²) in [7, 11) is 0. The number of hydrogen-bond donors (Lipinski definition) is 2. The van der Waals surface area contributed by atoms with Crippen molar-refractivity contribution in [1.29, 1.82) is 5.26 Å². The Hall–Kier alpha value is -1.24. The second kappa shape index (κ2) is 3.44. The standard InChI is InChI=1S/C8H13N3O/c1-2-10-7(12)11-6-8(5-9)3-4-8/h2-4,6H2,1H3,(H2,10,11,12). The highest BCUT2D eigenvalue weighted by Gasteiger charge is 2.43. The molecule has 0 aromatic heterocycles. The molecule has 1 fully saturated rings. The Morgan fingerprint density at radius 1 is 1.58 bits per heavy atom. The molecule has 0 saturated heterocycles. The number of nitrogens with zero attached hydrogens (tertiary/aromatic N) is 1. The quantitative estimate of drug-likeness (QED) is 0.646. The van der Waals surface area contributed by atoms with Crippen LogP contribution >= 0.6 is 0 Å². The molecule has 0 heterocycles. The van der Waals surface area contributed by atoms with Crippen LogP contribution in [0.15, 0.2) is 0 Å². The number of urea groups is 1. The van der Waals surface area contributed by atoms with Crippen LogP contribution in [0.5, 0.6) is 0 Å². The van der Waals surface area contributed by atoms with E-state index in [0.29, 0.717) is 13.1 Å². The summed E-state index contributed by atoms with van der Waals surface area (Å²) in [6.07, 6.45) is 1.83. The maximum Gasteiger partial charge on any atom is 0.314 e. The summed E-state index contributed by atoms with van der Waals surface area (Å²) >= 11 is 0. The summed E-state index contributed by atoms with van der Waals surface area (Å²) in [5, 5.41) is 14.0. The van der Waals surface area contributed by atoms with Crippen molar-refractivity contribution in [2.24, 2.45) is 5.41 Å². The van der Waals surface area contributed by atoms with Gasteiger partial charge in [0.25, 0.3) is 0 Å². The van der Waals surface area contributed by atoms with Crippen LogP contribution in [0.2, 0.25) is 0 Å². The van der Waals surface area contributed by atoms with Gasteiger partial charge in [-0.15, -0.1) is 0 Å². The molecule has 1 saturated carbocycles. The molecule has 0 radical (unpaired) electrons. The lowest BCUT2D eigenvalue weighted by atomic mass is 10.1. The minimum absolute atomic E-state index is 0.181. The maximum atomic E-state index is 10.9. The maximum absolute atomic E-state index is 10.9. The molecule has 1 aliphatic carbocycles. The molecule has 0 unspecified atom stereocenters. The van der Waals surface area contributed by atoms with Gasteiger partial charge < -0.3 is 10.6 Å². The third-order valence-electron chi connectivity index (χ3n) is 2.02. The molecule has 0 aromatic carbocycles. The summed E-state index contributed by atoms with van der Waals surface area (Å²) in [4.78, 5) is 10.9. The first-order valence-corrected chi connectivity index (χ1v) is 4.15. The molecule has 0 aromatic rings. The largest absolute Gasteiger partial charge is 0.338 e. The molecular formula is C8H13N3O. The average Bonchev–Trinajstić information content (AvgIpc) is 2.82. The Morgan fingerprint density at radius 2 is 2.25 bits per heavy atom. The van der Waals surface area contributed by atoms with Crippen molar-refractivity contribution in [2.75, 3.05) is 13.1 Å². The van der Waals surface area contributed by atoms with Gasteiger partial charge in [0, 0.05) is 13.1 Å². The highest BCUT2D eigenvalue weighted by molar-refractivity contribution is 5.73. The van der Waals surface area contributed by atoms with Crippen LogP contribution in [-0.2, 0) is 0 Å². The van der Waals surface area contributed by atoms with Gasteiger partial charge in [0.2, 0.25) is 0 Å². The van der Waals surface area contributed by atoms with Crippen LogP contribution < -0.4 is 10.6 Å². The van der Waals surface area contributed by atoms with E-state index in [1.165, 1.54) is 0 Å². The average molecular weight is 167 g/mol. The van der Waals surface area contributed by atoms with Crippen molar-refractivity contribution in [3.63, 3.8) is 0 Å². The zero-order valence-electron chi connectivity index (χ0n) is 7.18. The third-order valence-corrected chi connectivity index (χ3v) is 2.02. The molecule has 66 valence electrons. The molecule has 4 nitrogen and oxygen atoms in total. The Kier molecular flexibility index (Phi) is 2.54. The second-order valence-electron chi connectivity index (χ2n) is 3.11. The van der Waals surface area contributed by atoms with Crippen molar-refractivity contribution >= 4 is 6.03 Å². The fourth-order valence-electron chi connectivity index (χ4n) is 0.952. The Labute approximate surface area is 71.9 Å². The second-order valence-corrected chi connectivity index (χ2v) is 3.11. The zero-order valence-corrected chi connectivity index (χ0v) is 7.18. The van der Waals surface area contributed by atoms with E-state index in [-0.39, 0.29) is 11.4 Å². The number of carbonyl (C=O) groups excluding carboxylic acids is 1. The van der Waals surface area contributed by atoms with Gasteiger partial charge in [-0.1, -0.05) is 0 Å². The molecule has 0 bridgehead atoms. The van der Waals surface area contributed by atoms with E-state index in [4.69, 9.17) is 5.26 Å². The third kappa shape index (κ3) is 2.12. The van der Waals surface area contributed by atoms with Gasteiger partial charge in [0.1, 0.15) is 0 Å². The first-order chi connectivity index (χ1) is 5.72. The topological polar surface area (TPSA) is 64.9 Å². The van der Waals surface area contributed by atoms with Gasteiger partial charge in [0.05, 0.1) is 11.5 Å². The minimum Gasteiger partial charge on any atom is -0.338 e. The summed E-state index contributed by atoms with van der Waals surface area (Å²) < 4.78 is 0. The number of nitrogens with one attached hydrogen (secondary N) is 2. The number of amides is 2. The van der Waals surface area contributed by atoms with E-state index in [2.05, 4.69) is 16.7 Å². The minimum atomic E-state index is -0.245. The lowest BCUT2D eigenvalue weighted by Crippen LogP contribution is -2.38. The Bertz CT molecular complexity index is 215. The monoisotopic (exact) mass is 167 g/mol. The van der Waals surface area contributed by atoms with Crippen LogP contribution in [0.1, 0.15) is 19.8 Å². The van der Waals surface area contributed by atoms with Crippen molar-refractivity contribution in [3.8, 4) is 6.07 Å². The van der Waals surface area contributed by atoms with E-state index in [1.807, 2.05) is 6.92 Å². The number of carbonyl (C=O) groups is 1. The Morgan fingerprint density at radius 3 is 2.67 bits per heavy atom. The van der Waals surface area contributed by atoms with Crippen LogP contribution in [0, 0.1) is 16.7 Å². The van der Waals surface area contributed by atoms with Gasteiger partial charge in [-0.05, 0) is 19.8 Å². The fourth-order valence-corrected chi connectivity index (χ4v) is 0.952. The normalized spacial score (nSPS) is 17.7. The highest BCUT2D eigenvalue weighted by Crippen LogP contribution is 2.43. The van der Waals surface area contributed by atoms with E-state index in [0.717, 1.165) is 12.8 Å². The number of rotatable bonds is 3. The molecule has 12 heavy (non-hydrogen) atoms. The molecule has 0 aliphatic heterocycles. The zero-order chi connectivity index (χ0) is 9.03. The van der Waals surface area contributed by atoms with E-state index in [1.54, 1.807) is 0 Å². The van der Waals surface area contributed by atoms with Gasteiger partial charge in [0.15, 0.2) is 0 Å². The summed E-state index contributed by atoms with van der Waals surface area (Å²) in [6, 6.07) is 2.03. The lowest BCUT2D eigenvalue weighted by molar-refractivity contribution is 0.240. The van der Waals surface area contributed by atoms with Crippen molar-refractivity contribution < 1.29 is 4.79 Å². The van der Waals surface area contributed by atoms with Crippen molar-refractivity contribution in [3.05, 3.63) is 0 Å². The molecule has 0 spiro atoms. The first-order valence-electron chi connectivity index (χ1n) is 4.15. The molecule has 0 atom stereocenters. The molecule has 2 N–H and O–H groups in total. The number of nitriles is 1. The van der Waals surface area contributed by atoms with Crippen molar-refractivity contribution in [1.82, 2.24) is 10.6 Å². The molecule has 1 rings (SSSR count). The van der Waals surface area contributed by atoms with Gasteiger partial charge in [-0.3, -0.25) is 0 Å². The lowest BCUT2D eigenvalue weighted by Gasteiger charge is -2.07. The van der Waals surface area contributed by atoms with E-state index < -0.39 is 0 Å². The summed E-state index contributed by atoms with van der Waals surface area (Å²) in [5.41, 5.74) is -0.245. The summed E-state index contributed by atoms with van der Waals surface area (Å²) in [6.45, 7) is 2.96. The van der Waals surface area contributed by atoms with Gasteiger partial charge in [-0.2, -0.15) is 5.26 Å². The molecular weight excluding hydrogens is 154 g/mol. The Balaban J connectivity index is 2.18. The number of hydrogen-bond acceptors (Lipinski definition) is 2. The van der Waals surface area contributed by atoms with Gasteiger partial charge in [-0.25, -0.2) is 4.79 Å². The van der Waals surface area contributed by atoms with Gasteiger partial charge >= 0.3 is 6.03 Å². The molecule has 1 aliphatic rings. The van der Waals surface area contributed by atoms with Crippen LogP contribution in [0.4, 0.5) is 4.79 Å². The van der Waals surface area contributed by atoms with E-state index >= 15 is 0 Å². The predicted octanol–water partition coefficient (Wildman–Crippen LogP) is 0.609. The first kappa shape index (κ1) is 8.85. The van der Waals surface area contributed by atoms with Crippen LogP contribution in [0.25, 0.3) is 0 Å². The smallest absolute Gasteiger partial charge is 0.314 e. The van der Waals surface area contributed by atoms with Crippen LogP contribution in [-0.4, -0.2) is 19.1 Å².